The predicted molar refractivity (Wildman–Crippen MR) is 67.2 cm³/mol. The van der Waals surface area contributed by atoms with E-state index < -0.39 is 0 Å². The average Bonchev–Trinajstić information content (AvgIpc) is 2.80. The summed E-state index contributed by atoms with van der Waals surface area (Å²) < 4.78 is 5.88. The van der Waals surface area contributed by atoms with Gasteiger partial charge in [-0.25, -0.2) is 0 Å². The number of ether oxygens (including phenoxy) is 1. The summed E-state index contributed by atoms with van der Waals surface area (Å²) in [6.07, 6.45) is 2.42. The zero-order chi connectivity index (χ0) is 12.3. The molecule has 90 valence electrons. The zero-order valence-corrected chi connectivity index (χ0v) is 10.4. The summed E-state index contributed by atoms with van der Waals surface area (Å²) in [5.41, 5.74) is 2.78. The van der Waals surface area contributed by atoms with Crippen LogP contribution < -0.4 is 10.1 Å². The molecule has 0 unspecified atom stereocenters. The third-order valence-electron chi connectivity index (χ3n) is 3.18. The van der Waals surface area contributed by atoms with Gasteiger partial charge in [-0.05, 0) is 56.5 Å². The molecular weight excluding hydrogens is 212 g/mol. The molecule has 1 atom stereocenters. The highest BCUT2D eigenvalue weighted by molar-refractivity contribution is 5.47. The van der Waals surface area contributed by atoms with Gasteiger partial charge in [0.15, 0.2) is 0 Å². The Hall–Kier alpha value is -1.53. The maximum atomic E-state index is 8.88. The molecule has 1 heterocycles. The molecule has 0 amide bonds. The van der Waals surface area contributed by atoms with Gasteiger partial charge in [-0.2, -0.15) is 5.26 Å². The van der Waals surface area contributed by atoms with Crippen LogP contribution in [0.25, 0.3) is 0 Å². The molecule has 0 aromatic heterocycles. The summed E-state index contributed by atoms with van der Waals surface area (Å²) >= 11 is 0. The molecule has 1 saturated heterocycles. The van der Waals surface area contributed by atoms with Gasteiger partial charge in [-0.15, -0.1) is 0 Å². The molecule has 1 N–H and O–H groups in total. The second-order valence-corrected chi connectivity index (χ2v) is 4.66. The van der Waals surface area contributed by atoms with E-state index in [0.717, 1.165) is 23.4 Å². The number of aryl methyl sites for hydroxylation is 2. The largest absolute Gasteiger partial charge is 0.491 e. The Bertz CT molecular complexity index is 419. The van der Waals surface area contributed by atoms with Gasteiger partial charge in [0.2, 0.25) is 0 Å². The van der Waals surface area contributed by atoms with Crippen LogP contribution in [0.3, 0.4) is 0 Å². The number of nitrogens with one attached hydrogen (secondary N) is 1. The molecule has 1 aromatic rings. The number of hydrogen-bond acceptors (Lipinski definition) is 3. The van der Waals surface area contributed by atoms with Crippen LogP contribution in [0.2, 0.25) is 0 Å². The van der Waals surface area contributed by atoms with Crippen LogP contribution in [0, 0.1) is 25.2 Å². The lowest BCUT2D eigenvalue weighted by Gasteiger charge is -2.16. The molecule has 17 heavy (non-hydrogen) atoms. The minimum absolute atomic E-state index is 0.476. The Kier molecular flexibility index (Phi) is 3.65. The smallest absolute Gasteiger partial charge is 0.125 e. The van der Waals surface area contributed by atoms with Crippen LogP contribution in [-0.4, -0.2) is 19.2 Å². The van der Waals surface area contributed by atoms with Crippen LogP contribution >= 0.6 is 0 Å². The van der Waals surface area contributed by atoms with Gasteiger partial charge < -0.3 is 10.1 Å². The van der Waals surface area contributed by atoms with E-state index in [0.29, 0.717) is 18.2 Å². The maximum absolute atomic E-state index is 8.88. The lowest BCUT2D eigenvalue weighted by molar-refractivity contribution is 0.274. The summed E-state index contributed by atoms with van der Waals surface area (Å²) in [6, 6.07) is 6.40. The normalized spacial score (nSPS) is 19.0. The molecule has 1 fully saturated rings. The topological polar surface area (TPSA) is 45.0 Å². The molecule has 0 bridgehead atoms. The van der Waals surface area contributed by atoms with Crippen LogP contribution in [0.5, 0.6) is 5.75 Å². The van der Waals surface area contributed by atoms with Gasteiger partial charge >= 0.3 is 0 Å². The quantitative estimate of drug-likeness (QED) is 0.866. The molecule has 3 heteroatoms. The van der Waals surface area contributed by atoms with Gasteiger partial charge in [0, 0.05) is 6.04 Å². The predicted octanol–water partition coefficient (Wildman–Crippen LogP) is 2.31. The Morgan fingerprint density at radius 3 is 2.65 bits per heavy atom. The minimum atomic E-state index is 0.476. The van der Waals surface area contributed by atoms with Crippen LogP contribution in [-0.2, 0) is 0 Å². The van der Waals surface area contributed by atoms with Gasteiger partial charge in [0.25, 0.3) is 0 Å². The summed E-state index contributed by atoms with van der Waals surface area (Å²) in [4.78, 5) is 0. The van der Waals surface area contributed by atoms with Crippen molar-refractivity contribution in [1.29, 1.82) is 5.26 Å². The zero-order valence-electron chi connectivity index (χ0n) is 10.4. The highest BCUT2D eigenvalue weighted by Crippen LogP contribution is 2.25. The van der Waals surface area contributed by atoms with Crippen molar-refractivity contribution in [2.24, 2.45) is 0 Å². The standard InChI is InChI=1S/C14H18N2O/c1-10-6-12(8-15)7-11(2)14(10)17-9-13-4-3-5-16-13/h6-7,13,16H,3-5,9H2,1-2H3/t13-/m1/s1. The first-order chi connectivity index (χ1) is 8.20. The van der Waals surface area contributed by atoms with Gasteiger partial charge in [-0.3, -0.25) is 0 Å². The second-order valence-electron chi connectivity index (χ2n) is 4.66. The van der Waals surface area contributed by atoms with Crippen molar-refractivity contribution in [3.05, 3.63) is 28.8 Å². The van der Waals surface area contributed by atoms with Crippen molar-refractivity contribution < 1.29 is 4.74 Å². The molecule has 0 aliphatic carbocycles. The molecular formula is C14H18N2O. The summed E-state index contributed by atoms with van der Waals surface area (Å²) in [6.45, 7) is 5.80. The van der Waals surface area contributed by atoms with Crippen molar-refractivity contribution >= 4 is 0 Å². The van der Waals surface area contributed by atoms with Gasteiger partial charge in [0.1, 0.15) is 12.4 Å². The van der Waals surface area contributed by atoms with Gasteiger partial charge in [0.05, 0.1) is 11.6 Å². The maximum Gasteiger partial charge on any atom is 0.125 e. The highest BCUT2D eigenvalue weighted by atomic mass is 16.5. The monoisotopic (exact) mass is 230 g/mol. The van der Waals surface area contributed by atoms with Crippen molar-refractivity contribution in [1.82, 2.24) is 5.32 Å². The molecule has 0 spiro atoms. The Morgan fingerprint density at radius 1 is 1.41 bits per heavy atom. The first-order valence-electron chi connectivity index (χ1n) is 6.08. The van der Waals surface area contributed by atoms with E-state index in [1.54, 1.807) is 0 Å². The lowest BCUT2D eigenvalue weighted by atomic mass is 10.1. The van der Waals surface area contributed by atoms with E-state index in [2.05, 4.69) is 11.4 Å². The number of rotatable bonds is 3. The first kappa shape index (κ1) is 11.9. The fourth-order valence-electron chi connectivity index (χ4n) is 2.33. The molecule has 1 aliphatic rings. The van der Waals surface area contributed by atoms with E-state index >= 15 is 0 Å². The van der Waals surface area contributed by atoms with E-state index in [9.17, 15) is 0 Å². The van der Waals surface area contributed by atoms with Crippen molar-refractivity contribution in [2.75, 3.05) is 13.2 Å². The van der Waals surface area contributed by atoms with Crippen molar-refractivity contribution in [3.8, 4) is 11.8 Å². The second kappa shape index (κ2) is 5.20. The first-order valence-corrected chi connectivity index (χ1v) is 6.08. The van der Waals surface area contributed by atoms with Crippen molar-refractivity contribution in [3.63, 3.8) is 0 Å². The molecule has 1 aliphatic heterocycles. The lowest BCUT2D eigenvalue weighted by Crippen LogP contribution is -2.28. The molecule has 2 rings (SSSR count). The fraction of sp³-hybridized carbons (Fsp3) is 0.500. The Morgan fingerprint density at radius 2 is 2.12 bits per heavy atom. The summed E-state index contributed by atoms with van der Waals surface area (Å²) in [5.74, 6) is 0.928. The third kappa shape index (κ3) is 2.78. The third-order valence-corrected chi connectivity index (χ3v) is 3.18. The number of nitriles is 1. The van der Waals surface area contributed by atoms with Crippen LogP contribution in [0.15, 0.2) is 12.1 Å². The average molecular weight is 230 g/mol. The SMILES string of the molecule is Cc1cc(C#N)cc(C)c1OC[C@H]1CCCN1. The molecule has 1 aromatic carbocycles. The van der Waals surface area contributed by atoms with Crippen molar-refractivity contribution in [2.45, 2.75) is 32.7 Å². The van der Waals surface area contributed by atoms with Crippen LogP contribution in [0.1, 0.15) is 29.5 Å². The number of benzene rings is 1. The Balaban J connectivity index is 2.07. The van der Waals surface area contributed by atoms with E-state index in [1.807, 2.05) is 26.0 Å². The van der Waals surface area contributed by atoms with E-state index in [4.69, 9.17) is 10.00 Å². The molecule has 0 radical (unpaired) electrons. The van der Waals surface area contributed by atoms with E-state index in [1.165, 1.54) is 12.8 Å². The summed E-state index contributed by atoms with van der Waals surface area (Å²) in [7, 11) is 0. The number of nitrogens with zero attached hydrogens (tertiary/aromatic N) is 1. The molecule has 0 saturated carbocycles. The Labute approximate surface area is 102 Å². The number of hydrogen-bond donors (Lipinski definition) is 1. The fourth-order valence-corrected chi connectivity index (χ4v) is 2.33. The molecule has 3 nitrogen and oxygen atoms in total. The van der Waals surface area contributed by atoms with Crippen LogP contribution in [0.4, 0.5) is 0 Å². The summed E-state index contributed by atoms with van der Waals surface area (Å²) in [5, 5.41) is 12.3. The minimum Gasteiger partial charge on any atom is -0.491 e. The van der Waals surface area contributed by atoms with Gasteiger partial charge in [-0.1, -0.05) is 0 Å². The van der Waals surface area contributed by atoms with E-state index in [-0.39, 0.29) is 0 Å². The highest BCUT2D eigenvalue weighted by Gasteiger charge is 2.15.